The fourth-order valence-corrected chi connectivity index (χ4v) is 3.09. The highest BCUT2D eigenvalue weighted by Crippen LogP contribution is 2.25. The van der Waals surface area contributed by atoms with Crippen molar-refractivity contribution in [2.75, 3.05) is 18.5 Å². The number of urea groups is 1. The second-order valence-electron chi connectivity index (χ2n) is 6.11. The van der Waals surface area contributed by atoms with E-state index in [-0.39, 0.29) is 24.4 Å². The number of hydrogen-bond donors (Lipinski definition) is 1. The van der Waals surface area contributed by atoms with E-state index in [1.807, 2.05) is 19.1 Å². The molecule has 1 aliphatic heterocycles. The topological polar surface area (TPSA) is 82.6 Å². The van der Waals surface area contributed by atoms with Crippen LogP contribution in [0.1, 0.15) is 35.3 Å². The number of imide groups is 1. The molecule has 2 heterocycles. The molecule has 1 atom stereocenters. The summed E-state index contributed by atoms with van der Waals surface area (Å²) in [5.74, 6) is -0.452. The first-order valence-electron chi connectivity index (χ1n) is 8.39. The predicted molar refractivity (Wildman–Crippen MR) is 96.7 cm³/mol. The molecule has 0 aliphatic carbocycles. The molecule has 0 bridgehead atoms. The van der Waals surface area contributed by atoms with E-state index >= 15 is 0 Å². The van der Waals surface area contributed by atoms with Gasteiger partial charge >= 0.3 is 6.03 Å². The van der Waals surface area contributed by atoms with Crippen LogP contribution in [-0.2, 0) is 4.79 Å². The van der Waals surface area contributed by atoms with Crippen molar-refractivity contribution in [1.29, 1.82) is 0 Å². The SMILES string of the molecule is CCC(c1cccnc1)N(C)C(=O)c1ccc(N2CC(=O)NC2=O)cc1. The molecule has 0 spiro atoms. The Morgan fingerprint density at radius 3 is 2.54 bits per heavy atom. The van der Waals surface area contributed by atoms with Crippen molar-refractivity contribution in [2.24, 2.45) is 0 Å². The molecule has 1 N–H and O–H groups in total. The molecule has 0 saturated carbocycles. The van der Waals surface area contributed by atoms with Crippen LogP contribution in [0.3, 0.4) is 0 Å². The molecule has 7 heteroatoms. The minimum atomic E-state index is -0.450. The van der Waals surface area contributed by atoms with Gasteiger partial charge in [0.1, 0.15) is 6.54 Å². The molecule has 4 amide bonds. The van der Waals surface area contributed by atoms with Gasteiger partial charge < -0.3 is 4.90 Å². The highest BCUT2D eigenvalue weighted by Gasteiger charge is 2.28. The second kappa shape index (κ2) is 7.35. The Kier molecular flexibility index (Phi) is 4.97. The fraction of sp³-hybridized carbons (Fsp3) is 0.263. The lowest BCUT2D eigenvalue weighted by molar-refractivity contribution is -0.117. The fourth-order valence-electron chi connectivity index (χ4n) is 3.09. The highest BCUT2D eigenvalue weighted by molar-refractivity contribution is 6.12. The number of rotatable bonds is 5. The molecule has 2 aromatic rings. The Hall–Kier alpha value is -3.22. The first kappa shape index (κ1) is 17.6. The summed E-state index contributed by atoms with van der Waals surface area (Å²) < 4.78 is 0. The minimum Gasteiger partial charge on any atom is -0.335 e. The van der Waals surface area contributed by atoms with E-state index in [0.717, 1.165) is 12.0 Å². The summed E-state index contributed by atoms with van der Waals surface area (Å²) in [6, 6.07) is 9.96. The third-order valence-electron chi connectivity index (χ3n) is 4.46. The smallest absolute Gasteiger partial charge is 0.329 e. The van der Waals surface area contributed by atoms with Crippen molar-refractivity contribution in [2.45, 2.75) is 19.4 Å². The zero-order valence-electron chi connectivity index (χ0n) is 14.7. The van der Waals surface area contributed by atoms with Crippen LogP contribution >= 0.6 is 0 Å². The van der Waals surface area contributed by atoms with Crippen molar-refractivity contribution in [3.05, 3.63) is 59.9 Å². The Morgan fingerprint density at radius 2 is 2.00 bits per heavy atom. The van der Waals surface area contributed by atoms with E-state index in [0.29, 0.717) is 11.3 Å². The number of nitrogens with one attached hydrogen (secondary N) is 1. The molecule has 0 radical (unpaired) electrons. The molecule has 26 heavy (non-hydrogen) atoms. The maximum Gasteiger partial charge on any atom is 0.329 e. The van der Waals surface area contributed by atoms with E-state index in [4.69, 9.17) is 0 Å². The normalized spacial score (nSPS) is 14.9. The average molecular weight is 352 g/mol. The van der Waals surface area contributed by atoms with Crippen LogP contribution in [0.5, 0.6) is 0 Å². The number of amides is 4. The number of carbonyl (C=O) groups excluding carboxylic acids is 3. The number of hydrogen-bond acceptors (Lipinski definition) is 4. The Balaban J connectivity index is 1.77. The third-order valence-corrected chi connectivity index (χ3v) is 4.46. The van der Waals surface area contributed by atoms with Crippen LogP contribution in [0.2, 0.25) is 0 Å². The van der Waals surface area contributed by atoms with Crippen LogP contribution in [-0.4, -0.2) is 41.3 Å². The minimum absolute atomic E-state index is 0.00898. The molecule has 7 nitrogen and oxygen atoms in total. The monoisotopic (exact) mass is 352 g/mol. The summed E-state index contributed by atoms with van der Waals surface area (Å²) in [5, 5.41) is 2.23. The lowest BCUT2D eigenvalue weighted by atomic mass is 10.0. The van der Waals surface area contributed by atoms with Gasteiger partial charge in [0, 0.05) is 30.7 Å². The number of anilines is 1. The molecule has 1 saturated heterocycles. The van der Waals surface area contributed by atoms with Crippen LogP contribution in [0.15, 0.2) is 48.8 Å². The quantitative estimate of drug-likeness (QED) is 0.838. The number of pyridine rings is 1. The second-order valence-corrected chi connectivity index (χ2v) is 6.11. The van der Waals surface area contributed by atoms with Gasteiger partial charge in [0.15, 0.2) is 0 Å². The predicted octanol–water partition coefficient (Wildman–Crippen LogP) is 2.36. The van der Waals surface area contributed by atoms with Gasteiger partial charge in [-0.15, -0.1) is 0 Å². The average Bonchev–Trinajstić information content (AvgIpc) is 3.01. The highest BCUT2D eigenvalue weighted by atomic mass is 16.2. The number of nitrogens with zero attached hydrogens (tertiary/aromatic N) is 3. The maximum absolute atomic E-state index is 12.8. The van der Waals surface area contributed by atoms with Gasteiger partial charge in [-0.05, 0) is 42.3 Å². The van der Waals surface area contributed by atoms with Crippen molar-refractivity contribution in [3.63, 3.8) is 0 Å². The first-order chi connectivity index (χ1) is 12.5. The van der Waals surface area contributed by atoms with Crippen LogP contribution in [0, 0.1) is 0 Å². The van der Waals surface area contributed by atoms with E-state index in [9.17, 15) is 14.4 Å². The lowest BCUT2D eigenvalue weighted by Crippen LogP contribution is -2.31. The molecular weight excluding hydrogens is 332 g/mol. The lowest BCUT2D eigenvalue weighted by Gasteiger charge is -2.27. The van der Waals surface area contributed by atoms with Gasteiger partial charge in [-0.25, -0.2) is 4.79 Å². The Labute approximate surface area is 151 Å². The number of benzene rings is 1. The summed E-state index contributed by atoms with van der Waals surface area (Å²) in [6.07, 6.45) is 4.24. The van der Waals surface area contributed by atoms with Crippen molar-refractivity contribution < 1.29 is 14.4 Å². The van der Waals surface area contributed by atoms with Gasteiger partial charge in [0.2, 0.25) is 5.91 Å². The number of aromatic nitrogens is 1. The molecular formula is C19H20N4O3. The Morgan fingerprint density at radius 1 is 1.27 bits per heavy atom. The standard InChI is InChI=1S/C19H20N4O3/c1-3-16(14-5-4-10-20-11-14)22(2)18(25)13-6-8-15(9-7-13)23-12-17(24)21-19(23)26/h4-11,16H,3,12H2,1-2H3,(H,21,24,26). The van der Waals surface area contributed by atoms with E-state index < -0.39 is 6.03 Å². The summed E-state index contributed by atoms with van der Waals surface area (Å²) in [6.45, 7) is 2.01. The maximum atomic E-state index is 12.8. The van der Waals surface area contributed by atoms with Gasteiger partial charge in [0.05, 0.1) is 6.04 Å². The van der Waals surface area contributed by atoms with E-state index in [1.165, 1.54) is 4.90 Å². The molecule has 1 aromatic heterocycles. The molecule has 134 valence electrons. The summed E-state index contributed by atoms with van der Waals surface area (Å²) in [5.41, 5.74) is 2.08. The van der Waals surface area contributed by atoms with Crippen molar-refractivity contribution in [3.8, 4) is 0 Å². The van der Waals surface area contributed by atoms with Crippen LogP contribution in [0.4, 0.5) is 10.5 Å². The summed E-state index contributed by atoms with van der Waals surface area (Å²) >= 11 is 0. The van der Waals surface area contributed by atoms with Gasteiger partial charge in [-0.3, -0.25) is 24.8 Å². The number of carbonyl (C=O) groups is 3. The van der Waals surface area contributed by atoms with Crippen LogP contribution in [0.25, 0.3) is 0 Å². The van der Waals surface area contributed by atoms with E-state index in [2.05, 4.69) is 10.3 Å². The van der Waals surface area contributed by atoms with Gasteiger partial charge in [-0.1, -0.05) is 13.0 Å². The summed E-state index contributed by atoms with van der Waals surface area (Å²) in [7, 11) is 1.77. The molecule has 1 aliphatic rings. The Bertz CT molecular complexity index is 820. The molecule has 1 aromatic carbocycles. The largest absolute Gasteiger partial charge is 0.335 e. The van der Waals surface area contributed by atoms with Crippen molar-refractivity contribution in [1.82, 2.24) is 15.2 Å². The van der Waals surface area contributed by atoms with Crippen LogP contribution < -0.4 is 10.2 Å². The third kappa shape index (κ3) is 3.42. The van der Waals surface area contributed by atoms with Gasteiger partial charge in [0.25, 0.3) is 5.91 Å². The zero-order valence-corrected chi connectivity index (χ0v) is 14.7. The van der Waals surface area contributed by atoms with Crippen molar-refractivity contribution >= 4 is 23.5 Å². The van der Waals surface area contributed by atoms with Gasteiger partial charge in [-0.2, -0.15) is 0 Å². The molecule has 1 unspecified atom stereocenters. The zero-order chi connectivity index (χ0) is 18.7. The molecule has 3 rings (SSSR count). The van der Waals surface area contributed by atoms with E-state index in [1.54, 1.807) is 48.6 Å². The molecule has 1 fully saturated rings. The first-order valence-corrected chi connectivity index (χ1v) is 8.39. The summed E-state index contributed by atoms with van der Waals surface area (Å²) in [4.78, 5) is 43.0.